The van der Waals surface area contributed by atoms with E-state index in [9.17, 15) is 5.11 Å². The Labute approximate surface area is 153 Å². The number of ether oxygens (including phenoxy) is 4. The van der Waals surface area contributed by atoms with Crippen molar-refractivity contribution in [3.05, 3.63) is 53.6 Å². The van der Waals surface area contributed by atoms with Gasteiger partial charge in [-0.25, -0.2) is 0 Å². The van der Waals surface area contributed by atoms with Crippen molar-refractivity contribution in [3.63, 3.8) is 0 Å². The van der Waals surface area contributed by atoms with Gasteiger partial charge in [-0.05, 0) is 56.3 Å². The molecule has 1 aliphatic heterocycles. The van der Waals surface area contributed by atoms with Gasteiger partial charge < -0.3 is 24.1 Å². The molecular weight excluding hydrogens is 332 g/mol. The van der Waals surface area contributed by atoms with Crippen LogP contribution in [0.2, 0.25) is 0 Å². The van der Waals surface area contributed by atoms with Gasteiger partial charge in [-0.3, -0.25) is 0 Å². The second kappa shape index (κ2) is 7.69. The summed E-state index contributed by atoms with van der Waals surface area (Å²) in [5, 5.41) is 9.60. The van der Waals surface area contributed by atoms with Crippen LogP contribution in [0, 0.1) is 11.8 Å². The fourth-order valence-corrected chi connectivity index (χ4v) is 2.57. The predicted octanol–water partition coefficient (Wildman–Crippen LogP) is 3.33. The number of methoxy groups -OCH3 is 1. The van der Waals surface area contributed by atoms with Crippen LogP contribution < -0.4 is 9.47 Å². The summed E-state index contributed by atoms with van der Waals surface area (Å²) in [4.78, 5) is 0. The Hall–Kier alpha value is -2.68. The monoisotopic (exact) mass is 354 g/mol. The highest BCUT2D eigenvalue weighted by Gasteiger charge is 2.32. The van der Waals surface area contributed by atoms with Gasteiger partial charge in [0.15, 0.2) is 17.3 Å². The highest BCUT2D eigenvalue weighted by atomic mass is 16.7. The largest absolute Gasteiger partial charge is 0.504 e. The third kappa shape index (κ3) is 4.69. The SMILES string of the molecule is COc1cc(C#Cc2ccc(OC[C@H]3COC(C)(C)O3)cc2)ccc1O. The van der Waals surface area contributed by atoms with Gasteiger partial charge in [0.25, 0.3) is 0 Å². The number of benzene rings is 2. The number of phenols is 1. The Balaban J connectivity index is 1.58. The summed E-state index contributed by atoms with van der Waals surface area (Å²) in [6, 6.07) is 12.6. The minimum absolute atomic E-state index is 0.0612. The molecule has 1 atom stereocenters. The molecule has 0 aromatic heterocycles. The van der Waals surface area contributed by atoms with E-state index in [0.717, 1.165) is 16.9 Å². The lowest BCUT2D eigenvalue weighted by atomic mass is 10.1. The lowest BCUT2D eigenvalue weighted by molar-refractivity contribution is -0.141. The molecule has 0 amide bonds. The van der Waals surface area contributed by atoms with Gasteiger partial charge in [0.2, 0.25) is 0 Å². The van der Waals surface area contributed by atoms with Gasteiger partial charge in [0.05, 0.1) is 13.7 Å². The van der Waals surface area contributed by atoms with E-state index in [1.165, 1.54) is 7.11 Å². The van der Waals surface area contributed by atoms with Gasteiger partial charge in [0, 0.05) is 11.1 Å². The summed E-state index contributed by atoms with van der Waals surface area (Å²) in [6.07, 6.45) is -0.0612. The van der Waals surface area contributed by atoms with E-state index in [4.69, 9.17) is 18.9 Å². The Morgan fingerprint density at radius 1 is 1.12 bits per heavy atom. The van der Waals surface area contributed by atoms with E-state index in [1.54, 1.807) is 18.2 Å². The zero-order valence-electron chi connectivity index (χ0n) is 15.1. The smallest absolute Gasteiger partial charge is 0.163 e. The van der Waals surface area contributed by atoms with Crippen molar-refractivity contribution in [2.45, 2.75) is 25.7 Å². The third-order valence-electron chi connectivity index (χ3n) is 3.89. The maximum Gasteiger partial charge on any atom is 0.163 e. The van der Waals surface area contributed by atoms with Crippen molar-refractivity contribution in [2.24, 2.45) is 0 Å². The average molecular weight is 354 g/mol. The van der Waals surface area contributed by atoms with Crippen LogP contribution >= 0.6 is 0 Å². The molecule has 2 aromatic rings. The minimum atomic E-state index is -0.537. The summed E-state index contributed by atoms with van der Waals surface area (Å²) in [5.41, 5.74) is 1.63. The number of hydrogen-bond acceptors (Lipinski definition) is 5. The summed E-state index contributed by atoms with van der Waals surface area (Å²) < 4.78 is 22.1. The van der Waals surface area contributed by atoms with Gasteiger partial charge in [0.1, 0.15) is 18.5 Å². The second-order valence-corrected chi connectivity index (χ2v) is 6.42. The molecule has 3 rings (SSSR count). The van der Waals surface area contributed by atoms with Crippen molar-refractivity contribution in [3.8, 4) is 29.1 Å². The summed E-state index contributed by atoms with van der Waals surface area (Å²) in [5.74, 6) is 6.85. The Morgan fingerprint density at radius 3 is 2.46 bits per heavy atom. The van der Waals surface area contributed by atoms with E-state index in [-0.39, 0.29) is 11.9 Å². The van der Waals surface area contributed by atoms with Crippen LogP contribution in [0.3, 0.4) is 0 Å². The normalized spacial score (nSPS) is 18.0. The lowest BCUT2D eigenvalue weighted by Gasteiger charge is -2.17. The van der Waals surface area contributed by atoms with Crippen LogP contribution in [-0.4, -0.2) is 37.3 Å². The van der Waals surface area contributed by atoms with Crippen molar-refractivity contribution >= 4 is 0 Å². The standard InChI is InChI=1S/C21H22O5/c1-21(2)25-14-18(26-21)13-24-17-9-6-15(7-10-17)4-5-16-8-11-19(22)20(12-16)23-3/h6-12,18,22H,13-14H2,1-3H3/t18-/m0/s1. The first-order valence-electron chi connectivity index (χ1n) is 8.39. The molecule has 26 heavy (non-hydrogen) atoms. The zero-order chi connectivity index (χ0) is 18.6. The van der Waals surface area contributed by atoms with Crippen molar-refractivity contribution in [1.29, 1.82) is 0 Å². The molecule has 0 aliphatic carbocycles. The Bertz CT molecular complexity index is 815. The van der Waals surface area contributed by atoms with Crippen LogP contribution in [0.15, 0.2) is 42.5 Å². The highest BCUT2D eigenvalue weighted by molar-refractivity contribution is 5.50. The van der Waals surface area contributed by atoms with Crippen LogP contribution in [-0.2, 0) is 9.47 Å². The summed E-state index contributed by atoms with van der Waals surface area (Å²) in [6.45, 7) is 4.77. The van der Waals surface area contributed by atoms with Crippen molar-refractivity contribution in [2.75, 3.05) is 20.3 Å². The molecule has 0 bridgehead atoms. The third-order valence-corrected chi connectivity index (χ3v) is 3.89. The molecule has 5 nitrogen and oxygen atoms in total. The number of phenolic OH excluding ortho intramolecular Hbond substituents is 1. The number of aromatic hydroxyl groups is 1. The van der Waals surface area contributed by atoms with Crippen molar-refractivity contribution < 1.29 is 24.1 Å². The fourth-order valence-electron chi connectivity index (χ4n) is 2.57. The van der Waals surface area contributed by atoms with Crippen LogP contribution in [0.25, 0.3) is 0 Å². The van der Waals surface area contributed by atoms with Crippen molar-refractivity contribution in [1.82, 2.24) is 0 Å². The van der Waals surface area contributed by atoms with Crippen LogP contribution in [0.1, 0.15) is 25.0 Å². The fraction of sp³-hybridized carbons (Fsp3) is 0.333. The first-order chi connectivity index (χ1) is 12.4. The molecule has 0 saturated carbocycles. The average Bonchev–Trinajstić information content (AvgIpc) is 2.99. The minimum Gasteiger partial charge on any atom is -0.504 e. The molecule has 5 heteroatoms. The van der Waals surface area contributed by atoms with E-state index in [2.05, 4.69) is 11.8 Å². The van der Waals surface area contributed by atoms with E-state index in [1.807, 2.05) is 38.1 Å². The first-order valence-corrected chi connectivity index (χ1v) is 8.39. The van der Waals surface area contributed by atoms with Crippen LogP contribution in [0.4, 0.5) is 0 Å². The molecule has 1 fully saturated rings. The molecule has 0 radical (unpaired) electrons. The number of rotatable bonds is 4. The maximum atomic E-state index is 9.60. The highest BCUT2D eigenvalue weighted by Crippen LogP contribution is 2.26. The van der Waals surface area contributed by atoms with E-state index < -0.39 is 5.79 Å². The molecule has 1 saturated heterocycles. The molecule has 1 heterocycles. The molecule has 0 spiro atoms. The van der Waals surface area contributed by atoms with E-state index >= 15 is 0 Å². The molecule has 1 N–H and O–H groups in total. The zero-order valence-corrected chi connectivity index (χ0v) is 15.1. The quantitative estimate of drug-likeness (QED) is 0.854. The topological polar surface area (TPSA) is 57.2 Å². The molecule has 2 aromatic carbocycles. The maximum absolute atomic E-state index is 9.60. The Morgan fingerprint density at radius 2 is 1.81 bits per heavy atom. The molecule has 0 unspecified atom stereocenters. The van der Waals surface area contributed by atoms with Gasteiger partial charge in [-0.1, -0.05) is 11.8 Å². The van der Waals surface area contributed by atoms with Gasteiger partial charge in [-0.15, -0.1) is 0 Å². The van der Waals surface area contributed by atoms with Gasteiger partial charge in [-0.2, -0.15) is 0 Å². The second-order valence-electron chi connectivity index (χ2n) is 6.42. The van der Waals surface area contributed by atoms with E-state index in [0.29, 0.717) is 19.0 Å². The summed E-state index contributed by atoms with van der Waals surface area (Å²) >= 11 is 0. The summed E-state index contributed by atoms with van der Waals surface area (Å²) in [7, 11) is 1.51. The molecule has 136 valence electrons. The Kier molecular flexibility index (Phi) is 5.36. The first kappa shape index (κ1) is 18.1. The lowest BCUT2D eigenvalue weighted by Crippen LogP contribution is -2.25. The molecule has 1 aliphatic rings. The van der Waals surface area contributed by atoms with Gasteiger partial charge >= 0.3 is 0 Å². The molecular formula is C21H22O5. The number of hydrogen-bond donors (Lipinski definition) is 1. The van der Waals surface area contributed by atoms with Crippen LogP contribution in [0.5, 0.6) is 17.2 Å². The predicted molar refractivity (Wildman–Crippen MR) is 97.5 cm³/mol.